The standard InChI is InChI=1S/C16H26N2O2/c1-4-18(14-5-6-14)8-7-17-12-13-9-15(19-2)11-16(10-13)20-3/h9-11,14,17H,4-8,12H2,1-3H3. The maximum Gasteiger partial charge on any atom is 0.122 e. The monoisotopic (exact) mass is 278 g/mol. The van der Waals surface area contributed by atoms with Crippen LogP contribution in [0, 0.1) is 0 Å². The predicted octanol–water partition coefficient (Wildman–Crippen LogP) is 2.28. The molecule has 1 aromatic carbocycles. The maximum absolute atomic E-state index is 5.28. The van der Waals surface area contributed by atoms with Gasteiger partial charge in [0.1, 0.15) is 11.5 Å². The second-order valence-corrected chi connectivity index (χ2v) is 5.26. The molecule has 2 rings (SSSR count). The van der Waals surface area contributed by atoms with E-state index >= 15 is 0 Å². The molecule has 0 aliphatic heterocycles. The fourth-order valence-electron chi connectivity index (χ4n) is 2.46. The van der Waals surface area contributed by atoms with Crippen molar-refractivity contribution < 1.29 is 9.47 Å². The summed E-state index contributed by atoms with van der Waals surface area (Å²) in [6.07, 6.45) is 2.75. The van der Waals surface area contributed by atoms with Gasteiger partial charge in [0, 0.05) is 31.7 Å². The minimum Gasteiger partial charge on any atom is -0.497 e. The molecule has 0 saturated heterocycles. The van der Waals surface area contributed by atoms with Crippen LogP contribution in [0.2, 0.25) is 0 Å². The first-order chi connectivity index (χ1) is 9.76. The summed E-state index contributed by atoms with van der Waals surface area (Å²) in [5.74, 6) is 1.68. The van der Waals surface area contributed by atoms with Gasteiger partial charge in [0.15, 0.2) is 0 Å². The van der Waals surface area contributed by atoms with Crippen molar-refractivity contribution in [1.29, 1.82) is 0 Å². The van der Waals surface area contributed by atoms with E-state index in [9.17, 15) is 0 Å². The van der Waals surface area contributed by atoms with Gasteiger partial charge >= 0.3 is 0 Å². The van der Waals surface area contributed by atoms with E-state index in [0.29, 0.717) is 0 Å². The Morgan fingerprint density at radius 3 is 2.30 bits per heavy atom. The molecule has 1 aromatic rings. The van der Waals surface area contributed by atoms with Crippen LogP contribution < -0.4 is 14.8 Å². The van der Waals surface area contributed by atoms with E-state index in [2.05, 4.69) is 17.1 Å². The molecule has 1 saturated carbocycles. The fourth-order valence-corrected chi connectivity index (χ4v) is 2.46. The average Bonchev–Trinajstić information content (AvgIpc) is 3.31. The predicted molar refractivity (Wildman–Crippen MR) is 81.5 cm³/mol. The third kappa shape index (κ3) is 4.39. The van der Waals surface area contributed by atoms with Gasteiger partial charge in [0.25, 0.3) is 0 Å². The summed E-state index contributed by atoms with van der Waals surface area (Å²) < 4.78 is 10.6. The molecule has 112 valence electrons. The van der Waals surface area contributed by atoms with Crippen LogP contribution in [0.15, 0.2) is 18.2 Å². The molecular weight excluding hydrogens is 252 g/mol. The van der Waals surface area contributed by atoms with E-state index in [1.807, 2.05) is 18.2 Å². The van der Waals surface area contributed by atoms with Gasteiger partial charge in [-0.2, -0.15) is 0 Å². The normalized spacial score (nSPS) is 14.6. The van der Waals surface area contributed by atoms with Crippen LogP contribution in [0.4, 0.5) is 0 Å². The van der Waals surface area contributed by atoms with Gasteiger partial charge in [-0.05, 0) is 37.1 Å². The zero-order valence-electron chi connectivity index (χ0n) is 12.8. The summed E-state index contributed by atoms with van der Waals surface area (Å²) in [6.45, 7) is 6.38. The molecule has 20 heavy (non-hydrogen) atoms. The maximum atomic E-state index is 5.28. The molecule has 0 unspecified atom stereocenters. The van der Waals surface area contributed by atoms with E-state index in [4.69, 9.17) is 9.47 Å². The lowest BCUT2D eigenvalue weighted by Gasteiger charge is -2.19. The van der Waals surface area contributed by atoms with Gasteiger partial charge in [-0.15, -0.1) is 0 Å². The number of methoxy groups -OCH3 is 2. The molecule has 0 spiro atoms. The van der Waals surface area contributed by atoms with Crippen molar-refractivity contribution >= 4 is 0 Å². The van der Waals surface area contributed by atoms with Crippen molar-refractivity contribution in [2.24, 2.45) is 0 Å². The average molecular weight is 278 g/mol. The summed E-state index contributed by atoms with van der Waals surface area (Å²) in [5, 5.41) is 3.50. The Kier molecular flexibility index (Phi) is 5.68. The molecule has 0 amide bonds. The third-order valence-corrected chi connectivity index (χ3v) is 3.79. The molecule has 1 N–H and O–H groups in total. The Morgan fingerprint density at radius 1 is 1.15 bits per heavy atom. The molecule has 0 atom stereocenters. The molecule has 1 aliphatic rings. The first-order valence-electron chi connectivity index (χ1n) is 7.43. The smallest absolute Gasteiger partial charge is 0.122 e. The van der Waals surface area contributed by atoms with Crippen LogP contribution in [0.5, 0.6) is 11.5 Å². The zero-order chi connectivity index (χ0) is 14.4. The molecule has 4 heteroatoms. The first kappa shape index (κ1) is 15.1. The van der Waals surface area contributed by atoms with Gasteiger partial charge < -0.3 is 14.8 Å². The van der Waals surface area contributed by atoms with Crippen LogP contribution >= 0.6 is 0 Å². The second-order valence-electron chi connectivity index (χ2n) is 5.26. The van der Waals surface area contributed by atoms with Crippen LogP contribution in [0.3, 0.4) is 0 Å². The number of rotatable bonds is 9. The van der Waals surface area contributed by atoms with Crippen molar-refractivity contribution in [3.8, 4) is 11.5 Å². The molecule has 4 nitrogen and oxygen atoms in total. The van der Waals surface area contributed by atoms with Crippen LogP contribution in [-0.2, 0) is 6.54 Å². The molecule has 1 aliphatic carbocycles. The summed E-state index contributed by atoms with van der Waals surface area (Å²) in [5.41, 5.74) is 1.19. The summed E-state index contributed by atoms with van der Waals surface area (Å²) in [6, 6.07) is 6.84. The Morgan fingerprint density at radius 2 is 1.80 bits per heavy atom. The van der Waals surface area contributed by atoms with Gasteiger partial charge in [-0.1, -0.05) is 6.92 Å². The molecule has 1 fully saturated rings. The number of hydrogen-bond acceptors (Lipinski definition) is 4. The second kappa shape index (κ2) is 7.50. The molecule has 0 aromatic heterocycles. The van der Waals surface area contributed by atoms with Crippen molar-refractivity contribution in [2.75, 3.05) is 33.9 Å². The summed E-state index contributed by atoms with van der Waals surface area (Å²) >= 11 is 0. The lowest BCUT2D eigenvalue weighted by molar-refractivity contribution is 0.277. The quantitative estimate of drug-likeness (QED) is 0.703. The number of benzene rings is 1. The van der Waals surface area contributed by atoms with Crippen molar-refractivity contribution in [1.82, 2.24) is 10.2 Å². The Balaban J connectivity index is 1.78. The van der Waals surface area contributed by atoms with Crippen molar-refractivity contribution in [3.05, 3.63) is 23.8 Å². The largest absolute Gasteiger partial charge is 0.497 e. The van der Waals surface area contributed by atoms with Crippen molar-refractivity contribution in [2.45, 2.75) is 32.4 Å². The van der Waals surface area contributed by atoms with Crippen LogP contribution in [0.25, 0.3) is 0 Å². The minimum atomic E-state index is 0.842. The third-order valence-electron chi connectivity index (χ3n) is 3.79. The first-order valence-corrected chi connectivity index (χ1v) is 7.43. The van der Waals surface area contributed by atoms with E-state index in [0.717, 1.165) is 43.7 Å². The molecular formula is C16H26N2O2. The highest BCUT2D eigenvalue weighted by Gasteiger charge is 2.26. The van der Waals surface area contributed by atoms with Gasteiger partial charge in [-0.25, -0.2) is 0 Å². The van der Waals surface area contributed by atoms with E-state index in [-0.39, 0.29) is 0 Å². The highest BCUT2D eigenvalue weighted by atomic mass is 16.5. The molecule has 0 heterocycles. The topological polar surface area (TPSA) is 33.7 Å². The van der Waals surface area contributed by atoms with E-state index in [1.165, 1.54) is 18.4 Å². The summed E-state index contributed by atoms with van der Waals surface area (Å²) in [4.78, 5) is 2.55. The van der Waals surface area contributed by atoms with Gasteiger partial charge in [0.05, 0.1) is 14.2 Å². The van der Waals surface area contributed by atoms with Crippen molar-refractivity contribution in [3.63, 3.8) is 0 Å². The van der Waals surface area contributed by atoms with Gasteiger partial charge in [-0.3, -0.25) is 4.90 Å². The summed E-state index contributed by atoms with van der Waals surface area (Å²) in [7, 11) is 3.36. The van der Waals surface area contributed by atoms with Gasteiger partial charge in [0.2, 0.25) is 0 Å². The number of nitrogens with zero attached hydrogens (tertiary/aromatic N) is 1. The minimum absolute atomic E-state index is 0.842. The Hall–Kier alpha value is -1.26. The number of likely N-dealkylation sites (N-methyl/N-ethyl adjacent to an activating group) is 1. The molecule has 0 bridgehead atoms. The van der Waals surface area contributed by atoms with Crippen LogP contribution in [-0.4, -0.2) is 44.8 Å². The highest BCUT2D eigenvalue weighted by molar-refractivity contribution is 5.38. The Bertz CT molecular complexity index is 397. The fraction of sp³-hybridized carbons (Fsp3) is 0.625. The van der Waals surface area contributed by atoms with Crippen LogP contribution in [0.1, 0.15) is 25.3 Å². The SMILES string of the molecule is CCN(CCNCc1cc(OC)cc(OC)c1)C1CC1. The number of hydrogen-bond donors (Lipinski definition) is 1. The zero-order valence-corrected chi connectivity index (χ0v) is 12.8. The Labute approximate surface area is 122 Å². The lowest BCUT2D eigenvalue weighted by atomic mass is 10.2. The highest BCUT2D eigenvalue weighted by Crippen LogP contribution is 2.26. The number of nitrogens with one attached hydrogen (secondary N) is 1. The lowest BCUT2D eigenvalue weighted by Crippen LogP contribution is -2.33. The molecule has 0 radical (unpaired) electrons. The van der Waals surface area contributed by atoms with E-state index < -0.39 is 0 Å². The number of ether oxygens (including phenoxy) is 2. The van der Waals surface area contributed by atoms with E-state index in [1.54, 1.807) is 14.2 Å².